The van der Waals surface area contributed by atoms with Gasteiger partial charge in [0.05, 0.1) is 23.1 Å². The van der Waals surface area contributed by atoms with Crippen LogP contribution < -0.4 is 10.5 Å². The highest BCUT2D eigenvalue weighted by Crippen LogP contribution is 2.40. The number of hydrogen-bond donors (Lipinski definition) is 1. The zero-order chi connectivity index (χ0) is 21.1. The molecule has 0 saturated carbocycles. The molecule has 160 valence electrons. The van der Waals surface area contributed by atoms with E-state index in [2.05, 4.69) is 23.1 Å². The molecule has 1 aliphatic heterocycles. The smallest absolute Gasteiger partial charge is 0.220 e. The third-order valence-corrected chi connectivity index (χ3v) is 7.10. The Kier molecular flexibility index (Phi) is 6.87. The fourth-order valence-corrected chi connectivity index (χ4v) is 5.21. The van der Waals surface area contributed by atoms with Gasteiger partial charge >= 0.3 is 0 Å². The molecule has 2 aromatic rings. The number of likely N-dealkylation sites (tertiary alicyclic amines) is 1. The maximum atomic E-state index is 11.0. The number of carbonyl (C=O) groups excluding carboxylic acids is 1. The van der Waals surface area contributed by atoms with Gasteiger partial charge in [-0.05, 0) is 86.1 Å². The van der Waals surface area contributed by atoms with Crippen LogP contribution in [-0.4, -0.2) is 36.5 Å². The van der Waals surface area contributed by atoms with E-state index in [-0.39, 0.29) is 12.3 Å². The van der Waals surface area contributed by atoms with Gasteiger partial charge in [-0.25, -0.2) is 0 Å². The summed E-state index contributed by atoms with van der Waals surface area (Å²) in [5, 5.41) is 1.19. The zero-order valence-electron chi connectivity index (χ0n) is 17.1. The Morgan fingerprint density at radius 1 is 1.10 bits per heavy atom. The molecule has 1 amide bonds. The molecule has 1 fully saturated rings. The molecule has 2 unspecified atom stereocenters. The van der Waals surface area contributed by atoms with Crippen molar-refractivity contribution < 1.29 is 9.53 Å². The standard InChI is InChI=1S/C24H28Cl2N2O2/c25-21-7-3-16(14-22(21)26)13-20-19-15-18(30-12-9-24(27)29)6-4-17(19)5-8-23(20)28-10-1-2-11-28/h3-4,6-7,14-15,20,23H,1-2,5,8-13H2,(H2,27,29). The Morgan fingerprint density at radius 2 is 1.90 bits per heavy atom. The van der Waals surface area contributed by atoms with Gasteiger partial charge in [-0.2, -0.15) is 0 Å². The molecule has 2 atom stereocenters. The minimum atomic E-state index is -0.348. The maximum absolute atomic E-state index is 11.0. The lowest BCUT2D eigenvalue weighted by atomic mass is 9.75. The molecule has 2 aliphatic rings. The number of nitrogens with two attached hydrogens (primary N) is 1. The van der Waals surface area contributed by atoms with E-state index in [1.807, 2.05) is 18.2 Å². The number of amides is 1. The fraction of sp³-hybridized carbons (Fsp3) is 0.458. The second-order valence-corrected chi connectivity index (χ2v) is 9.15. The lowest BCUT2D eigenvalue weighted by Gasteiger charge is -2.39. The van der Waals surface area contributed by atoms with Crippen LogP contribution >= 0.6 is 23.2 Å². The Balaban J connectivity index is 1.63. The Bertz CT molecular complexity index is 912. The normalized spacial score (nSPS) is 21.4. The molecule has 4 rings (SSSR count). The number of ether oxygens (including phenoxy) is 1. The number of carbonyl (C=O) groups is 1. The van der Waals surface area contributed by atoms with Crippen molar-refractivity contribution in [2.75, 3.05) is 19.7 Å². The van der Waals surface area contributed by atoms with Gasteiger partial charge in [0.25, 0.3) is 0 Å². The highest BCUT2D eigenvalue weighted by molar-refractivity contribution is 6.42. The quantitative estimate of drug-likeness (QED) is 0.651. The molecule has 2 N–H and O–H groups in total. The van der Waals surface area contributed by atoms with E-state index in [9.17, 15) is 4.79 Å². The van der Waals surface area contributed by atoms with Crippen LogP contribution in [0.2, 0.25) is 10.0 Å². The van der Waals surface area contributed by atoms with E-state index in [1.165, 1.54) is 49.0 Å². The van der Waals surface area contributed by atoms with Gasteiger partial charge < -0.3 is 10.5 Å². The van der Waals surface area contributed by atoms with Crippen LogP contribution in [0.1, 0.15) is 48.3 Å². The number of nitrogens with zero attached hydrogens (tertiary/aromatic N) is 1. The fourth-order valence-electron chi connectivity index (χ4n) is 4.89. The largest absolute Gasteiger partial charge is 0.493 e. The highest BCUT2D eigenvalue weighted by atomic mass is 35.5. The van der Waals surface area contributed by atoms with Crippen LogP contribution in [0, 0.1) is 0 Å². The van der Waals surface area contributed by atoms with Gasteiger partial charge in [0.15, 0.2) is 0 Å². The topological polar surface area (TPSA) is 55.6 Å². The van der Waals surface area contributed by atoms with E-state index in [0.717, 1.165) is 18.6 Å². The highest BCUT2D eigenvalue weighted by Gasteiger charge is 2.35. The molecule has 6 heteroatoms. The summed E-state index contributed by atoms with van der Waals surface area (Å²) < 4.78 is 5.82. The molecule has 2 aromatic carbocycles. The van der Waals surface area contributed by atoms with Gasteiger partial charge in [-0.3, -0.25) is 9.69 Å². The van der Waals surface area contributed by atoms with Crippen molar-refractivity contribution in [3.05, 3.63) is 63.1 Å². The number of halogens is 2. The molecule has 1 aliphatic carbocycles. The van der Waals surface area contributed by atoms with E-state index in [0.29, 0.717) is 28.6 Å². The van der Waals surface area contributed by atoms with Crippen LogP contribution in [0.3, 0.4) is 0 Å². The van der Waals surface area contributed by atoms with Crippen molar-refractivity contribution in [3.8, 4) is 5.75 Å². The molecule has 0 bridgehead atoms. The number of fused-ring (bicyclic) bond motifs is 1. The van der Waals surface area contributed by atoms with Crippen molar-refractivity contribution in [1.29, 1.82) is 0 Å². The first-order chi connectivity index (χ1) is 14.5. The Morgan fingerprint density at radius 3 is 2.63 bits per heavy atom. The second kappa shape index (κ2) is 9.59. The summed E-state index contributed by atoms with van der Waals surface area (Å²) in [7, 11) is 0. The van der Waals surface area contributed by atoms with Crippen molar-refractivity contribution in [1.82, 2.24) is 4.90 Å². The molecule has 0 aromatic heterocycles. The molecular formula is C24H28Cl2N2O2. The molecule has 30 heavy (non-hydrogen) atoms. The van der Waals surface area contributed by atoms with Gasteiger partial charge in [0, 0.05) is 12.0 Å². The van der Waals surface area contributed by atoms with Crippen molar-refractivity contribution in [3.63, 3.8) is 0 Å². The van der Waals surface area contributed by atoms with E-state index in [1.54, 1.807) is 0 Å². The lowest BCUT2D eigenvalue weighted by molar-refractivity contribution is -0.118. The number of aryl methyl sites for hydroxylation is 1. The number of primary amides is 1. The second-order valence-electron chi connectivity index (χ2n) is 8.33. The van der Waals surface area contributed by atoms with Crippen molar-refractivity contribution >= 4 is 29.1 Å². The Hall–Kier alpha value is -1.75. The summed E-state index contributed by atoms with van der Waals surface area (Å²) in [6.45, 7) is 2.65. The molecular weight excluding hydrogens is 419 g/mol. The summed E-state index contributed by atoms with van der Waals surface area (Å²) in [4.78, 5) is 13.7. The molecule has 4 nitrogen and oxygen atoms in total. The van der Waals surface area contributed by atoms with Gasteiger partial charge in [-0.15, -0.1) is 0 Å². The minimum absolute atomic E-state index is 0.222. The first kappa shape index (κ1) is 21.5. The zero-order valence-corrected chi connectivity index (χ0v) is 18.6. The maximum Gasteiger partial charge on any atom is 0.220 e. The Labute approximate surface area is 188 Å². The van der Waals surface area contributed by atoms with E-state index < -0.39 is 0 Å². The lowest BCUT2D eigenvalue weighted by Crippen LogP contribution is -2.41. The monoisotopic (exact) mass is 446 g/mol. The van der Waals surface area contributed by atoms with Gasteiger partial charge in [0.1, 0.15) is 5.75 Å². The minimum Gasteiger partial charge on any atom is -0.493 e. The van der Waals surface area contributed by atoms with Crippen LogP contribution in [0.4, 0.5) is 0 Å². The van der Waals surface area contributed by atoms with Crippen LogP contribution in [0.5, 0.6) is 5.75 Å². The number of hydrogen-bond acceptors (Lipinski definition) is 3. The van der Waals surface area contributed by atoms with E-state index >= 15 is 0 Å². The first-order valence-electron chi connectivity index (χ1n) is 10.7. The van der Waals surface area contributed by atoms with Gasteiger partial charge in [-0.1, -0.05) is 35.3 Å². The summed E-state index contributed by atoms with van der Waals surface area (Å²) in [5.74, 6) is 0.819. The van der Waals surface area contributed by atoms with Crippen LogP contribution in [0.15, 0.2) is 36.4 Å². The molecule has 0 radical (unpaired) electrons. The third kappa shape index (κ3) is 4.93. The van der Waals surface area contributed by atoms with E-state index in [4.69, 9.17) is 33.7 Å². The van der Waals surface area contributed by atoms with Crippen molar-refractivity contribution in [2.24, 2.45) is 5.73 Å². The predicted octanol–water partition coefficient (Wildman–Crippen LogP) is 4.98. The number of benzene rings is 2. The molecule has 0 spiro atoms. The summed E-state index contributed by atoms with van der Waals surface area (Å²) in [6, 6.07) is 12.8. The summed E-state index contributed by atoms with van der Waals surface area (Å²) in [5.41, 5.74) is 9.18. The summed E-state index contributed by atoms with van der Waals surface area (Å²) >= 11 is 12.4. The van der Waals surface area contributed by atoms with Crippen LogP contribution in [-0.2, 0) is 17.6 Å². The SMILES string of the molecule is NC(=O)CCOc1ccc2c(c1)C(Cc1ccc(Cl)c(Cl)c1)C(N1CCCC1)CC2. The number of rotatable bonds is 7. The summed E-state index contributed by atoms with van der Waals surface area (Å²) in [6.07, 6.45) is 5.94. The third-order valence-electron chi connectivity index (χ3n) is 6.36. The van der Waals surface area contributed by atoms with Crippen molar-refractivity contribution in [2.45, 2.75) is 50.5 Å². The molecule has 1 saturated heterocycles. The predicted molar refractivity (Wildman–Crippen MR) is 122 cm³/mol. The first-order valence-corrected chi connectivity index (χ1v) is 11.5. The van der Waals surface area contributed by atoms with Gasteiger partial charge in [0.2, 0.25) is 5.91 Å². The van der Waals surface area contributed by atoms with Crippen LogP contribution in [0.25, 0.3) is 0 Å². The molecule has 1 heterocycles. The average Bonchev–Trinajstić information content (AvgIpc) is 3.25. The average molecular weight is 447 g/mol.